The smallest absolute Gasteiger partial charge is 0.203 e. The van der Waals surface area contributed by atoms with E-state index in [0.717, 1.165) is 18.3 Å². The topological polar surface area (TPSA) is 71.4 Å². The number of aromatic amines is 1. The molecule has 0 saturated heterocycles. The summed E-state index contributed by atoms with van der Waals surface area (Å²) in [4.78, 5) is 8.18. The zero-order valence-electron chi connectivity index (χ0n) is 7.94. The van der Waals surface area contributed by atoms with Gasteiger partial charge < -0.3 is 9.88 Å². The molecule has 2 N–H and O–H groups in total. The minimum atomic E-state index is 0.608. The predicted octanol–water partition coefficient (Wildman–Crippen LogP) is 0.633. The molecule has 14 heavy (non-hydrogen) atoms. The highest BCUT2D eigenvalue weighted by molar-refractivity contribution is 5.25. The van der Waals surface area contributed by atoms with Crippen molar-refractivity contribution >= 4 is 5.95 Å². The maximum atomic E-state index is 4.18. The SMILES string of the molecule is CCn1ccnc1NCc1ncn[nH]1. The number of nitrogens with one attached hydrogen (secondary N) is 2. The van der Waals surface area contributed by atoms with Gasteiger partial charge in [-0.25, -0.2) is 9.97 Å². The highest BCUT2D eigenvalue weighted by atomic mass is 15.2. The van der Waals surface area contributed by atoms with Crippen LogP contribution in [0.25, 0.3) is 0 Å². The number of aromatic nitrogens is 5. The van der Waals surface area contributed by atoms with Crippen molar-refractivity contribution in [3.05, 3.63) is 24.5 Å². The standard InChI is InChI=1S/C8H12N6/c1-2-14-4-3-9-8(14)10-5-7-11-6-12-13-7/h3-4,6H,2,5H2,1H3,(H,9,10)(H,11,12,13). The molecule has 74 valence electrons. The summed E-state index contributed by atoms with van der Waals surface area (Å²) in [6.07, 6.45) is 5.19. The number of aryl methyl sites for hydroxylation is 1. The largest absolute Gasteiger partial charge is 0.348 e. The Morgan fingerprint density at radius 2 is 2.43 bits per heavy atom. The van der Waals surface area contributed by atoms with Gasteiger partial charge in [-0.2, -0.15) is 5.10 Å². The number of nitrogens with zero attached hydrogens (tertiary/aromatic N) is 4. The lowest BCUT2D eigenvalue weighted by molar-refractivity contribution is 0.760. The van der Waals surface area contributed by atoms with Crippen molar-refractivity contribution in [1.29, 1.82) is 0 Å². The van der Waals surface area contributed by atoms with Gasteiger partial charge in [0.1, 0.15) is 12.2 Å². The van der Waals surface area contributed by atoms with Gasteiger partial charge in [-0.1, -0.05) is 0 Å². The molecule has 0 fully saturated rings. The number of rotatable bonds is 4. The Morgan fingerprint density at radius 3 is 3.14 bits per heavy atom. The molecule has 6 nitrogen and oxygen atoms in total. The summed E-state index contributed by atoms with van der Waals surface area (Å²) < 4.78 is 2.02. The minimum Gasteiger partial charge on any atom is -0.348 e. The van der Waals surface area contributed by atoms with Crippen molar-refractivity contribution < 1.29 is 0 Å². The number of hydrogen-bond donors (Lipinski definition) is 2. The fourth-order valence-electron chi connectivity index (χ4n) is 1.21. The molecule has 0 aliphatic heterocycles. The van der Waals surface area contributed by atoms with E-state index in [1.54, 1.807) is 6.20 Å². The van der Waals surface area contributed by atoms with E-state index in [4.69, 9.17) is 0 Å². The molecule has 0 spiro atoms. The lowest BCUT2D eigenvalue weighted by Crippen LogP contribution is -2.07. The Hall–Kier alpha value is -1.85. The summed E-state index contributed by atoms with van der Waals surface area (Å²) in [7, 11) is 0. The van der Waals surface area contributed by atoms with E-state index in [0.29, 0.717) is 6.54 Å². The molecule has 0 aliphatic rings. The van der Waals surface area contributed by atoms with Crippen LogP contribution in [0.4, 0.5) is 5.95 Å². The molecule has 2 heterocycles. The molecular weight excluding hydrogens is 180 g/mol. The Morgan fingerprint density at radius 1 is 1.50 bits per heavy atom. The Bertz CT molecular complexity index is 376. The average Bonchev–Trinajstić information content (AvgIpc) is 2.85. The Kier molecular flexibility index (Phi) is 2.44. The van der Waals surface area contributed by atoms with Crippen LogP contribution in [0.15, 0.2) is 18.7 Å². The normalized spacial score (nSPS) is 10.4. The number of H-pyrrole nitrogens is 1. The van der Waals surface area contributed by atoms with Crippen LogP contribution in [-0.2, 0) is 13.1 Å². The van der Waals surface area contributed by atoms with Crippen molar-refractivity contribution in [3.8, 4) is 0 Å². The van der Waals surface area contributed by atoms with E-state index >= 15 is 0 Å². The quantitative estimate of drug-likeness (QED) is 0.745. The van der Waals surface area contributed by atoms with Crippen molar-refractivity contribution in [3.63, 3.8) is 0 Å². The average molecular weight is 192 g/mol. The van der Waals surface area contributed by atoms with Crippen LogP contribution in [0.3, 0.4) is 0 Å². The highest BCUT2D eigenvalue weighted by Crippen LogP contribution is 2.04. The Balaban J connectivity index is 1.98. The van der Waals surface area contributed by atoms with E-state index in [9.17, 15) is 0 Å². The molecular formula is C8H12N6. The number of imidazole rings is 1. The second kappa shape index (κ2) is 3.91. The van der Waals surface area contributed by atoms with Crippen molar-refractivity contribution in [2.75, 3.05) is 5.32 Å². The predicted molar refractivity (Wildman–Crippen MR) is 51.6 cm³/mol. The van der Waals surface area contributed by atoms with Crippen LogP contribution in [0, 0.1) is 0 Å². The Labute approximate surface area is 81.4 Å². The molecule has 0 bridgehead atoms. The van der Waals surface area contributed by atoms with Gasteiger partial charge in [0.05, 0.1) is 6.54 Å². The minimum absolute atomic E-state index is 0.608. The lowest BCUT2D eigenvalue weighted by Gasteiger charge is -2.05. The lowest BCUT2D eigenvalue weighted by atomic mass is 10.6. The summed E-state index contributed by atoms with van der Waals surface area (Å²) in [5.41, 5.74) is 0. The fraction of sp³-hybridized carbons (Fsp3) is 0.375. The second-order valence-corrected chi connectivity index (χ2v) is 2.82. The third-order valence-corrected chi connectivity index (χ3v) is 1.94. The van der Waals surface area contributed by atoms with Crippen molar-refractivity contribution in [1.82, 2.24) is 24.7 Å². The monoisotopic (exact) mass is 192 g/mol. The van der Waals surface area contributed by atoms with Gasteiger partial charge in [0, 0.05) is 18.9 Å². The highest BCUT2D eigenvalue weighted by Gasteiger charge is 2.00. The molecule has 0 atom stereocenters. The van der Waals surface area contributed by atoms with Crippen molar-refractivity contribution in [2.24, 2.45) is 0 Å². The van der Waals surface area contributed by atoms with Crippen molar-refractivity contribution in [2.45, 2.75) is 20.0 Å². The summed E-state index contributed by atoms with van der Waals surface area (Å²) in [5.74, 6) is 1.65. The van der Waals surface area contributed by atoms with Gasteiger partial charge >= 0.3 is 0 Å². The first-order valence-corrected chi connectivity index (χ1v) is 4.49. The van der Waals surface area contributed by atoms with Gasteiger partial charge in [0.2, 0.25) is 5.95 Å². The van der Waals surface area contributed by atoms with E-state index < -0.39 is 0 Å². The third kappa shape index (κ3) is 1.73. The first kappa shape index (κ1) is 8.74. The van der Waals surface area contributed by atoms with Crippen LogP contribution in [0.5, 0.6) is 0 Å². The van der Waals surface area contributed by atoms with Gasteiger partial charge in [-0.15, -0.1) is 0 Å². The molecule has 0 aliphatic carbocycles. The van der Waals surface area contributed by atoms with Crippen LogP contribution in [-0.4, -0.2) is 24.7 Å². The molecule has 0 amide bonds. The fourth-order valence-corrected chi connectivity index (χ4v) is 1.21. The zero-order valence-corrected chi connectivity index (χ0v) is 7.94. The molecule has 0 unspecified atom stereocenters. The number of anilines is 1. The molecule has 2 rings (SSSR count). The second-order valence-electron chi connectivity index (χ2n) is 2.82. The summed E-state index contributed by atoms with van der Waals surface area (Å²) in [6.45, 7) is 3.58. The number of hydrogen-bond acceptors (Lipinski definition) is 4. The van der Waals surface area contributed by atoms with E-state index in [1.165, 1.54) is 6.33 Å². The van der Waals surface area contributed by atoms with Crippen LogP contribution in [0.1, 0.15) is 12.7 Å². The summed E-state index contributed by atoms with van der Waals surface area (Å²) in [6, 6.07) is 0. The maximum Gasteiger partial charge on any atom is 0.203 e. The van der Waals surface area contributed by atoms with Gasteiger partial charge in [0.25, 0.3) is 0 Å². The molecule has 0 radical (unpaired) electrons. The molecule has 0 saturated carbocycles. The first-order valence-electron chi connectivity index (χ1n) is 4.49. The van der Waals surface area contributed by atoms with E-state index in [2.05, 4.69) is 32.4 Å². The summed E-state index contributed by atoms with van der Waals surface area (Å²) in [5, 5.41) is 9.70. The van der Waals surface area contributed by atoms with Gasteiger partial charge in [-0.3, -0.25) is 5.10 Å². The molecule has 2 aromatic rings. The van der Waals surface area contributed by atoms with Crippen LogP contribution >= 0.6 is 0 Å². The van der Waals surface area contributed by atoms with E-state index in [1.807, 2.05) is 10.8 Å². The van der Waals surface area contributed by atoms with E-state index in [-0.39, 0.29) is 0 Å². The van der Waals surface area contributed by atoms with Crippen LogP contribution in [0.2, 0.25) is 0 Å². The maximum absolute atomic E-state index is 4.18. The molecule has 0 aromatic carbocycles. The summed E-state index contributed by atoms with van der Waals surface area (Å²) >= 11 is 0. The third-order valence-electron chi connectivity index (χ3n) is 1.94. The zero-order chi connectivity index (χ0) is 9.80. The first-order chi connectivity index (χ1) is 6.90. The van der Waals surface area contributed by atoms with Gasteiger partial charge in [0.15, 0.2) is 0 Å². The van der Waals surface area contributed by atoms with Crippen LogP contribution < -0.4 is 5.32 Å². The molecule has 6 heteroatoms. The van der Waals surface area contributed by atoms with Gasteiger partial charge in [-0.05, 0) is 6.92 Å². The molecule has 2 aromatic heterocycles.